The summed E-state index contributed by atoms with van der Waals surface area (Å²) in [6.07, 6.45) is 0. The van der Waals surface area contributed by atoms with Gasteiger partial charge in [-0.25, -0.2) is 4.39 Å². The lowest BCUT2D eigenvalue weighted by atomic mass is 10.1. The highest BCUT2D eigenvalue weighted by molar-refractivity contribution is 5.26. The van der Waals surface area contributed by atoms with Gasteiger partial charge in [0.25, 0.3) is 0 Å². The molecule has 2 nitrogen and oxygen atoms in total. The zero-order valence-electron chi connectivity index (χ0n) is 10.4. The molecule has 0 fully saturated rings. The standard InChI is InChI=1S/C13H21FN2/c1-4-15-7-8-16(3)10-12-5-6-13(14)9-11(12)2/h5-6,9,15H,4,7-8,10H2,1-3H3. The molecule has 0 aliphatic heterocycles. The second kappa shape index (κ2) is 6.61. The largest absolute Gasteiger partial charge is 0.316 e. The summed E-state index contributed by atoms with van der Waals surface area (Å²) in [7, 11) is 2.08. The van der Waals surface area contributed by atoms with Crippen LogP contribution in [0, 0.1) is 12.7 Å². The van der Waals surface area contributed by atoms with E-state index in [4.69, 9.17) is 0 Å². The Bertz CT molecular complexity index is 326. The molecule has 0 aliphatic carbocycles. The second-order valence-corrected chi connectivity index (χ2v) is 4.16. The molecule has 1 aromatic carbocycles. The number of nitrogens with zero attached hydrogens (tertiary/aromatic N) is 1. The van der Waals surface area contributed by atoms with Gasteiger partial charge >= 0.3 is 0 Å². The van der Waals surface area contributed by atoms with Crippen molar-refractivity contribution in [1.29, 1.82) is 0 Å². The molecular formula is C13H21FN2. The van der Waals surface area contributed by atoms with Crippen molar-refractivity contribution in [2.24, 2.45) is 0 Å². The number of likely N-dealkylation sites (N-methyl/N-ethyl adjacent to an activating group) is 2. The highest BCUT2D eigenvalue weighted by atomic mass is 19.1. The topological polar surface area (TPSA) is 15.3 Å². The molecular weight excluding hydrogens is 203 g/mol. The number of benzene rings is 1. The van der Waals surface area contributed by atoms with Crippen molar-refractivity contribution in [1.82, 2.24) is 10.2 Å². The maximum atomic E-state index is 12.9. The number of rotatable bonds is 6. The quantitative estimate of drug-likeness (QED) is 0.745. The molecule has 0 bridgehead atoms. The van der Waals surface area contributed by atoms with Crippen molar-refractivity contribution < 1.29 is 4.39 Å². The van der Waals surface area contributed by atoms with Crippen molar-refractivity contribution in [2.45, 2.75) is 20.4 Å². The van der Waals surface area contributed by atoms with Crippen LogP contribution in [-0.2, 0) is 6.54 Å². The molecule has 0 heterocycles. The Morgan fingerprint density at radius 1 is 1.38 bits per heavy atom. The number of hydrogen-bond donors (Lipinski definition) is 1. The highest BCUT2D eigenvalue weighted by Gasteiger charge is 2.03. The normalized spacial score (nSPS) is 11.1. The minimum Gasteiger partial charge on any atom is -0.316 e. The molecule has 0 saturated carbocycles. The van der Waals surface area contributed by atoms with E-state index in [-0.39, 0.29) is 5.82 Å². The summed E-state index contributed by atoms with van der Waals surface area (Å²) < 4.78 is 12.9. The van der Waals surface area contributed by atoms with Crippen molar-refractivity contribution in [2.75, 3.05) is 26.7 Å². The fourth-order valence-corrected chi connectivity index (χ4v) is 1.65. The van der Waals surface area contributed by atoms with Gasteiger partial charge in [-0.15, -0.1) is 0 Å². The van der Waals surface area contributed by atoms with Crippen LogP contribution >= 0.6 is 0 Å². The SMILES string of the molecule is CCNCCN(C)Cc1ccc(F)cc1C. The van der Waals surface area contributed by atoms with Crippen LogP contribution in [0.15, 0.2) is 18.2 Å². The zero-order chi connectivity index (χ0) is 12.0. The van der Waals surface area contributed by atoms with Crippen LogP contribution in [0.5, 0.6) is 0 Å². The predicted octanol–water partition coefficient (Wildman–Crippen LogP) is 2.18. The number of aryl methyl sites for hydroxylation is 1. The first-order valence-corrected chi connectivity index (χ1v) is 5.77. The van der Waals surface area contributed by atoms with Crippen LogP contribution in [0.1, 0.15) is 18.1 Å². The lowest BCUT2D eigenvalue weighted by Crippen LogP contribution is -2.28. The van der Waals surface area contributed by atoms with E-state index in [1.165, 1.54) is 11.6 Å². The summed E-state index contributed by atoms with van der Waals surface area (Å²) in [6.45, 7) is 7.93. The van der Waals surface area contributed by atoms with Crippen LogP contribution < -0.4 is 5.32 Å². The minimum absolute atomic E-state index is 0.156. The molecule has 3 heteroatoms. The van der Waals surface area contributed by atoms with Crippen LogP contribution in [-0.4, -0.2) is 31.6 Å². The Morgan fingerprint density at radius 2 is 2.12 bits per heavy atom. The van der Waals surface area contributed by atoms with Crippen LogP contribution in [0.4, 0.5) is 4.39 Å². The highest BCUT2D eigenvalue weighted by Crippen LogP contribution is 2.11. The molecule has 0 spiro atoms. The summed E-state index contributed by atoms with van der Waals surface area (Å²) in [5.41, 5.74) is 2.22. The van der Waals surface area contributed by atoms with Crippen LogP contribution in [0.3, 0.4) is 0 Å². The van der Waals surface area contributed by atoms with Crippen molar-refractivity contribution in [3.8, 4) is 0 Å². The Balaban J connectivity index is 2.46. The predicted molar refractivity (Wildman–Crippen MR) is 66.0 cm³/mol. The van der Waals surface area contributed by atoms with E-state index < -0.39 is 0 Å². The first-order valence-electron chi connectivity index (χ1n) is 5.77. The van der Waals surface area contributed by atoms with Gasteiger partial charge in [-0.3, -0.25) is 0 Å². The van der Waals surface area contributed by atoms with Gasteiger partial charge in [0.2, 0.25) is 0 Å². The molecule has 0 unspecified atom stereocenters. The molecule has 0 aromatic heterocycles. The number of nitrogens with one attached hydrogen (secondary N) is 1. The number of halogens is 1. The third kappa shape index (κ3) is 4.29. The maximum absolute atomic E-state index is 12.9. The van der Waals surface area contributed by atoms with Gasteiger partial charge in [0.05, 0.1) is 0 Å². The summed E-state index contributed by atoms with van der Waals surface area (Å²) in [6, 6.07) is 4.99. The molecule has 16 heavy (non-hydrogen) atoms. The Kier molecular flexibility index (Phi) is 5.43. The molecule has 1 rings (SSSR count). The summed E-state index contributed by atoms with van der Waals surface area (Å²) in [4.78, 5) is 2.24. The van der Waals surface area contributed by atoms with E-state index in [2.05, 4.69) is 24.2 Å². The van der Waals surface area contributed by atoms with Gasteiger partial charge in [0, 0.05) is 19.6 Å². The molecule has 0 radical (unpaired) electrons. The summed E-state index contributed by atoms with van der Waals surface area (Å²) in [5, 5.41) is 3.29. The molecule has 0 saturated heterocycles. The average molecular weight is 224 g/mol. The van der Waals surface area contributed by atoms with Crippen LogP contribution in [0.25, 0.3) is 0 Å². The van der Waals surface area contributed by atoms with E-state index in [9.17, 15) is 4.39 Å². The summed E-state index contributed by atoms with van der Waals surface area (Å²) >= 11 is 0. The van der Waals surface area contributed by atoms with Gasteiger partial charge in [0.15, 0.2) is 0 Å². The third-order valence-corrected chi connectivity index (χ3v) is 2.67. The van der Waals surface area contributed by atoms with Gasteiger partial charge in [-0.05, 0) is 43.8 Å². The van der Waals surface area contributed by atoms with E-state index in [1.54, 1.807) is 6.07 Å². The minimum atomic E-state index is -0.156. The van der Waals surface area contributed by atoms with Gasteiger partial charge in [0.1, 0.15) is 5.82 Å². The summed E-state index contributed by atoms with van der Waals surface area (Å²) in [5.74, 6) is -0.156. The fourth-order valence-electron chi connectivity index (χ4n) is 1.65. The van der Waals surface area contributed by atoms with Gasteiger partial charge < -0.3 is 10.2 Å². The second-order valence-electron chi connectivity index (χ2n) is 4.16. The van der Waals surface area contributed by atoms with Crippen LogP contribution in [0.2, 0.25) is 0 Å². The third-order valence-electron chi connectivity index (χ3n) is 2.67. The van der Waals surface area contributed by atoms with E-state index in [0.29, 0.717) is 0 Å². The smallest absolute Gasteiger partial charge is 0.123 e. The molecule has 0 aliphatic rings. The Labute approximate surface area is 97.5 Å². The number of hydrogen-bond acceptors (Lipinski definition) is 2. The monoisotopic (exact) mass is 224 g/mol. The first-order chi connectivity index (χ1) is 7.63. The fraction of sp³-hybridized carbons (Fsp3) is 0.538. The maximum Gasteiger partial charge on any atom is 0.123 e. The molecule has 1 N–H and O–H groups in total. The molecule has 1 aromatic rings. The average Bonchev–Trinajstić information content (AvgIpc) is 2.23. The molecule has 90 valence electrons. The van der Waals surface area contributed by atoms with E-state index in [0.717, 1.165) is 31.7 Å². The van der Waals surface area contributed by atoms with Crippen molar-refractivity contribution in [3.05, 3.63) is 35.1 Å². The van der Waals surface area contributed by atoms with Crippen molar-refractivity contribution >= 4 is 0 Å². The Morgan fingerprint density at radius 3 is 2.75 bits per heavy atom. The lowest BCUT2D eigenvalue weighted by Gasteiger charge is -2.18. The lowest BCUT2D eigenvalue weighted by molar-refractivity contribution is 0.325. The molecule has 0 atom stereocenters. The first kappa shape index (κ1) is 13.1. The van der Waals surface area contributed by atoms with Gasteiger partial charge in [-0.2, -0.15) is 0 Å². The van der Waals surface area contributed by atoms with E-state index in [1.807, 2.05) is 13.0 Å². The molecule has 0 amide bonds. The van der Waals surface area contributed by atoms with Gasteiger partial charge in [-0.1, -0.05) is 13.0 Å². The van der Waals surface area contributed by atoms with E-state index >= 15 is 0 Å². The van der Waals surface area contributed by atoms with Crippen molar-refractivity contribution in [3.63, 3.8) is 0 Å². The zero-order valence-corrected chi connectivity index (χ0v) is 10.4. The Hall–Kier alpha value is -0.930.